The first-order chi connectivity index (χ1) is 5.99. The number of alkyl halides is 3. The molecule has 0 radical (unpaired) electrons. The second kappa shape index (κ2) is 4.52. The van der Waals surface area contributed by atoms with Crippen molar-refractivity contribution in [3.63, 3.8) is 0 Å². The van der Waals surface area contributed by atoms with Crippen LogP contribution in [0.3, 0.4) is 0 Å². The molecule has 1 unspecified atom stereocenters. The van der Waals surface area contributed by atoms with Gasteiger partial charge in [0.2, 0.25) is 0 Å². The number of nitrogens with two attached hydrogens (primary N) is 1. The van der Waals surface area contributed by atoms with Crippen LogP contribution in [0.5, 0.6) is 0 Å². The molecule has 0 amide bonds. The van der Waals surface area contributed by atoms with Crippen molar-refractivity contribution < 1.29 is 0 Å². The summed E-state index contributed by atoms with van der Waals surface area (Å²) in [6, 6.07) is 9.35. The van der Waals surface area contributed by atoms with E-state index in [4.69, 9.17) is 40.5 Å². The van der Waals surface area contributed by atoms with Gasteiger partial charge in [0, 0.05) is 12.5 Å². The molecule has 0 saturated heterocycles. The lowest BCUT2D eigenvalue weighted by atomic mass is 10.1. The summed E-state index contributed by atoms with van der Waals surface area (Å²) < 4.78 is -1.28. The first-order valence-corrected chi connectivity index (χ1v) is 5.00. The molecule has 0 aromatic heterocycles. The lowest BCUT2D eigenvalue weighted by Gasteiger charge is -2.17. The summed E-state index contributed by atoms with van der Waals surface area (Å²) in [7, 11) is 0. The van der Waals surface area contributed by atoms with Crippen molar-refractivity contribution in [2.45, 2.75) is 16.3 Å². The van der Waals surface area contributed by atoms with Crippen molar-refractivity contribution in [1.29, 1.82) is 0 Å². The first-order valence-electron chi connectivity index (χ1n) is 3.86. The van der Waals surface area contributed by atoms with Crippen LogP contribution in [0.1, 0.15) is 18.0 Å². The molecular weight excluding hydrogens is 228 g/mol. The Labute approximate surface area is 92.8 Å². The summed E-state index contributed by atoms with van der Waals surface area (Å²) in [6.45, 7) is 0. The summed E-state index contributed by atoms with van der Waals surface area (Å²) in [5, 5.41) is 0. The lowest BCUT2D eigenvalue weighted by molar-refractivity contribution is 0.664. The van der Waals surface area contributed by atoms with Crippen molar-refractivity contribution in [3.05, 3.63) is 35.9 Å². The number of rotatable bonds is 2. The zero-order valence-electron chi connectivity index (χ0n) is 6.88. The molecule has 1 atom stereocenters. The molecule has 1 aromatic rings. The maximum Gasteiger partial charge on any atom is 0.192 e. The Morgan fingerprint density at radius 3 is 2.15 bits per heavy atom. The molecule has 4 heteroatoms. The molecule has 0 aliphatic carbocycles. The maximum absolute atomic E-state index is 5.83. The normalized spacial score (nSPS) is 14.2. The zero-order chi connectivity index (χ0) is 9.90. The van der Waals surface area contributed by atoms with Crippen LogP contribution in [-0.2, 0) is 0 Å². The van der Waals surface area contributed by atoms with Crippen LogP contribution in [0, 0.1) is 0 Å². The lowest BCUT2D eigenvalue weighted by Crippen LogP contribution is -2.17. The van der Waals surface area contributed by atoms with Crippen LogP contribution in [0.15, 0.2) is 30.3 Å². The molecule has 0 spiro atoms. The first kappa shape index (κ1) is 11.1. The number of halogens is 3. The second-order valence-electron chi connectivity index (χ2n) is 2.84. The van der Waals surface area contributed by atoms with E-state index in [-0.39, 0.29) is 6.04 Å². The fourth-order valence-electron chi connectivity index (χ4n) is 1.07. The minimum atomic E-state index is -1.28. The van der Waals surface area contributed by atoms with Crippen LogP contribution in [-0.4, -0.2) is 3.79 Å². The van der Waals surface area contributed by atoms with E-state index in [0.717, 1.165) is 5.56 Å². The van der Waals surface area contributed by atoms with E-state index in [1.165, 1.54) is 0 Å². The average molecular weight is 239 g/mol. The third-order valence-corrected chi connectivity index (χ3v) is 2.14. The van der Waals surface area contributed by atoms with Crippen molar-refractivity contribution in [1.82, 2.24) is 0 Å². The van der Waals surface area contributed by atoms with E-state index in [2.05, 4.69) is 0 Å². The van der Waals surface area contributed by atoms with Crippen molar-refractivity contribution in [3.8, 4) is 0 Å². The van der Waals surface area contributed by atoms with Gasteiger partial charge in [0.25, 0.3) is 0 Å². The van der Waals surface area contributed by atoms with Crippen molar-refractivity contribution in [2.75, 3.05) is 0 Å². The summed E-state index contributed by atoms with van der Waals surface area (Å²) >= 11 is 16.9. The molecule has 72 valence electrons. The molecule has 0 fully saturated rings. The molecule has 1 rings (SSSR count). The van der Waals surface area contributed by atoms with E-state index in [0.29, 0.717) is 6.42 Å². The summed E-state index contributed by atoms with van der Waals surface area (Å²) in [5.74, 6) is 0. The van der Waals surface area contributed by atoms with Gasteiger partial charge in [-0.25, -0.2) is 0 Å². The van der Waals surface area contributed by atoms with Crippen LogP contribution in [0.4, 0.5) is 0 Å². The van der Waals surface area contributed by atoms with Gasteiger partial charge < -0.3 is 5.73 Å². The molecule has 0 aliphatic rings. The van der Waals surface area contributed by atoms with Crippen LogP contribution < -0.4 is 5.73 Å². The van der Waals surface area contributed by atoms with Gasteiger partial charge in [-0.1, -0.05) is 65.1 Å². The van der Waals surface area contributed by atoms with Crippen LogP contribution in [0.2, 0.25) is 0 Å². The molecule has 0 bridgehead atoms. The number of benzene rings is 1. The Hall–Kier alpha value is 0.0500. The van der Waals surface area contributed by atoms with E-state index < -0.39 is 3.79 Å². The van der Waals surface area contributed by atoms with Gasteiger partial charge in [-0.05, 0) is 5.56 Å². The van der Waals surface area contributed by atoms with E-state index in [9.17, 15) is 0 Å². The molecule has 1 aromatic carbocycles. The maximum atomic E-state index is 5.83. The molecule has 2 N–H and O–H groups in total. The van der Waals surface area contributed by atoms with Gasteiger partial charge in [-0.3, -0.25) is 0 Å². The van der Waals surface area contributed by atoms with E-state index in [1.54, 1.807) is 0 Å². The van der Waals surface area contributed by atoms with Gasteiger partial charge >= 0.3 is 0 Å². The number of hydrogen-bond acceptors (Lipinski definition) is 1. The third kappa shape index (κ3) is 4.19. The Balaban J connectivity index is 2.64. The van der Waals surface area contributed by atoms with Crippen LogP contribution in [0.25, 0.3) is 0 Å². The van der Waals surface area contributed by atoms with Gasteiger partial charge in [0.05, 0.1) is 0 Å². The highest BCUT2D eigenvalue weighted by Crippen LogP contribution is 2.34. The summed E-state index contributed by atoms with van der Waals surface area (Å²) in [6.07, 6.45) is 0.321. The monoisotopic (exact) mass is 237 g/mol. The van der Waals surface area contributed by atoms with Gasteiger partial charge in [-0.2, -0.15) is 0 Å². The molecule has 1 nitrogen and oxygen atoms in total. The van der Waals surface area contributed by atoms with Gasteiger partial charge in [0.1, 0.15) is 0 Å². The van der Waals surface area contributed by atoms with Crippen molar-refractivity contribution >= 4 is 34.8 Å². The van der Waals surface area contributed by atoms with E-state index in [1.807, 2.05) is 30.3 Å². The fraction of sp³-hybridized carbons (Fsp3) is 0.333. The topological polar surface area (TPSA) is 26.0 Å². The summed E-state index contributed by atoms with van der Waals surface area (Å²) in [4.78, 5) is 0. The highest BCUT2D eigenvalue weighted by Gasteiger charge is 2.23. The predicted octanol–water partition coefficient (Wildman–Crippen LogP) is 3.45. The Morgan fingerprint density at radius 1 is 1.15 bits per heavy atom. The third-order valence-electron chi connectivity index (χ3n) is 1.68. The van der Waals surface area contributed by atoms with Gasteiger partial charge in [0.15, 0.2) is 3.79 Å². The predicted molar refractivity (Wildman–Crippen MR) is 58.3 cm³/mol. The fourth-order valence-corrected chi connectivity index (χ4v) is 1.57. The Morgan fingerprint density at radius 2 is 1.69 bits per heavy atom. The number of hydrogen-bond donors (Lipinski definition) is 1. The molecule has 0 heterocycles. The molecular formula is C9H10Cl3N. The second-order valence-corrected chi connectivity index (χ2v) is 5.35. The smallest absolute Gasteiger partial charge is 0.192 e. The minimum Gasteiger partial charge on any atom is -0.324 e. The Bertz CT molecular complexity index is 255. The highest BCUT2D eigenvalue weighted by molar-refractivity contribution is 6.67. The zero-order valence-corrected chi connectivity index (χ0v) is 9.15. The highest BCUT2D eigenvalue weighted by atomic mass is 35.6. The van der Waals surface area contributed by atoms with E-state index >= 15 is 0 Å². The quantitative estimate of drug-likeness (QED) is 0.785. The average Bonchev–Trinajstić information content (AvgIpc) is 2.03. The molecule has 0 saturated carbocycles. The SMILES string of the molecule is NC(CC(Cl)(Cl)Cl)c1ccccc1. The molecule has 0 aliphatic heterocycles. The van der Waals surface area contributed by atoms with Crippen molar-refractivity contribution in [2.24, 2.45) is 5.73 Å². The largest absolute Gasteiger partial charge is 0.324 e. The molecule has 13 heavy (non-hydrogen) atoms. The standard InChI is InChI=1S/C9H10Cl3N/c10-9(11,12)6-8(13)7-4-2-1-3-5-7/h1-5,8H,6,13H2. The van der Waals surface area contributed by atoms with Gasteiger partial charge in [-0.15, -0.1) is 0 Å². The minimum absolute atomic E-state index is 0.228. The Kier molecular flexibility index (Phi) is 3.87. The summed E-state index contributed by atoms with van der Waals surface area (Å²) in [5.41, 5.74) is 6.81. The van der Waals surface area contributed by atoms with Crippen LogP contribution >= 0.6 is 34.8 Å².